The van der Waals surface area contributed by atoms with Crippen LogP contribution >= 0.6 is 0 Å². The van der Waals surface area contributed by atoms with Gasteiger partial charge < -0.3 is 15.4 Å². The van der Waals surface area contributed by atoms with Crippen molar-refractivity contribution in [1.82, 2.24) is 0 Å². The lowest BCUT2D eigenvalue weighted by atomic mass is 10.1. The Labute approximate surface area is 115 Å². The predicted octanol–water partition coefficient (Wildman–Crippen LogP) is 2.45. The number of fused-ring (bicyclic) bond motifs is 1. The number of hydrogen-bond acceptors (Lipinski definition) is 3. The first-order valence-corrected chi connectivity index (χ1v) is 6.25. The molecule has 0 unspecified atom stereocenters. The van der Waals surface area contributed by atoms with Crippen molar-refractivity contribution < 1.29 is 13.9 Å². The zero-order valence-electron chi connectivity index (χ0n) is 10.7. The Bertz CT molecular complexity index is 655. The van der Waals surface area contributed by atoms with Gasteiger partial charge in [0.05, 0.1) is 12.2 Å². The number of nitrogen functional groups attached to an aromatic ring is 1. The Morgan fingerprint density at radius 1 is 1.20 bits per heavy atom. The highest BCUT2D eigenvalue weighted by Gasteiger charge is 2.24. The van der Waals surface area contributed by atoms with Crippen LogP contribution in [0.5, 0.6) is 5.75 Å². The molecule has 20 heavy (non-hydrogen) atoms. The maximum atomic E-state index is 12.9. The van der Waals surface area contributed by atoms with Gasteiger partial charge in [0.1, 0.15) is 18.2 Å². The standard InChI is InChI=1S/C15H13FN2O2/c16-11-3-1-10(2-4-11)15(19)18-7-8-20-14-6-5-12(17)9-13(14)18/h1-6,9H,7-8,17H2. The average molecular weight is 272 g/mol. The van der Waals surface area contributed by atoms with Crippen molar-refractivity contribution in [2.24, 2.45) is 0 Å². The van der Waals surface area contributed by atoms with Crippen molar-refractivity contribution >= 4 is 17.3 Å². The summed E-state index contributed by atoms with van der Waals surface area (Å²) in [6.45, 7) is 0.858. The zero-order valence-corrected chi connectivity index (χ0v) is 10.7. The van der Waals surface area contributed by atoms with Crippen LogP contribution in [0.4, 0.5) is 15.8 Å². The molecule has 0 radical (unpaired) electrons. The second kappa shape index (κ2) is 4.85. The fraction of sp³-hybridized carbons (Fsp3) is 0.133. The number of ether oxygens (including phenoxy) is 1. The molecule has 5 heteroatoms. The third-order valence-corrected chi connectivity index (χ3v) is 3.18. The van der Waals surface area contributed by atoms with E-state index in [1.54, 1.807) is 23.1 Å². The number of halogens is 1. The first-order chi connectivity index (χ1) is 9.65. The van der Waals surface area contributed by atoms with Crippen LogP contribution < -0.4 is 15.4 Å². The van der Waals surface area contributed by atoms with Crippen LogP contribution in [-0.4, -0.2) is 19.1 Å². The van der Waals surface area contributed by atoms with Gasteiger partial charge in [-0.05, 0) is 42.5 Å². The van der Waals surface area contributed by atoms with E-state index in [1.807, 2.05) is 0 Å². The molecule has 4 nitrogen and oxygen atoms in total. The molecular formula is C15H13FN2O2. The maximum Gasteiger partial charge on any atom is 0.258 e. The van der Waals surface area contributed by atoms with E-state index in [2.05, 4.69) is 0 Å². The van der Waals surface area contributed by atoms with E-state index in [0.29, 0.717) is 35.8 Å². The predicted molar refractivity (Wildman–Crippen MR) is 74.4 cm³/mol. The second-order valence-electron chi connectivity index (χ2n) is 4.54. The number of amides is 1. The monoisotopic (exact) mass is 272 g/mol. The zero-order chi connectivity index (χ0) is 14.1. The number of nitrogens with zero attached hydrogens (tertiary/aromatic N) is 1. The van der Waals surface area contributed by atoms with Gasteiger partial charge >= 0.3 is 0 Å². The Balaban J connectivity index is 1.97. The fourth-order valence-electron chi connectivity index (χ4n) is 2.19. The Morgan fingerprint density at radius 2 is 1.95 bits per heavy atom. The van der Waals surface area contributed by atoms with Gasteiger partial charge in [0.25, 0.3) is 5.91 Å². The first kappa shape index (κ1) is 12.5. The molecule has 1 amide bonds. The first-order valence-electron chi connectivity index (χ1n) is 6.25. The molecule has 2 aromatic carbocycles. The molecule has 1 aliphatic heterocycles. The van der Waals surface area contributed by atoms with E-state index in [1.165, 1.54) is 24.3 Å². The van der Waals surface area contributed by atoms with Crippen LogP contribution in [-0.2, 0) is 0 Å². The molecule has 102 valence electrons. The van der Waals surface area contributed by atoms with Crippen molar-refractivity contribution in [3.05, 3.63) is 53.8 Å². The highest BCUT2D eigenvalue weighted by atomic mass is 19.1. The minimum absolute atomic E-state index is 0.194. The third-order valence-electron chi connectivity index (χ3n) is 3.18. The van der Waals surface area contributed by atoms with E-state index in [-0.39, 0.29) is 11.7 Å². The van der Waals surface area contributed by atoms with Crippen LogP contribution in [0.25, 0.3) is 0 Å². The molecule has 0 saturated carbocycles. The number of anilines is 2. The van der Waals surface area contributed by atoms with Crippen molar-refractivity contribution in [3.8, 4) is 5.75 Å². The summed E-state index contributed by atoms with van der Waals surface area (Å²) in [6, 6.07) is 10.7. The van der Waals surface area contributed by atoms with Gasteiger partial charge in [-0.15, -0.1) is 0 Å². The second-order valence-corrected chi connectivity index (χ2v) is 4.54. The molecule has 2 aromatic rings. The molecule has 3 rings (SSSR count). The summed E-state index contributed by atoms with van der Waals surface area (Å²) in [5, 5.41) is 0. The van der Waals surface area contributed by atoms with Crippen LogP contribution in [0.2, 0.25) is 0 Å². The summed E-state index contributed by atoms with van der Waals surface area (Å²) in [5.41, 5.74) is 7.40. The summed E-state index contributed by atoms with van der Waals surface area (Å²) in [6.07, 6.45) is 0. The molecular weight excluding hydrogens is 259 g/mol. The van der Waals surface area contributed by atoms with Gasteiger partial charge in [0.2, 0.25) is 0 Å². The van der Waals surface area contributed by atoms with Gasteiger partial charge in [0.15, 0.2) is 0 Å². The van der Waals surface area contributed by atoms with Crippen molar-refractivity contribution in [3.63, 3.8) is 0 Å². The lowest BCUT2D eigenvalue weighted by Crippen LogP contribution is -2.38. The van der Waals surface area contributed by atoms with Crippen LogP contribution in [0.15, 0.2) is 42.5 Å². The lowest BCUT2D eigenvalue weighted by Gasteiger charge is -2.29. The SMILES string of the molecule is Nc1ccc2c(c1)N(C(=O)c1ccc(F)cc1)CCO2. The van der Waals surface area contributed by atoms with Crippen molar-refractivity contribution in [2.75, 3.05) is 23.8 Å². The molecule has 0 spiro atoms. The smallest absolute Gasteiger partial charge is 0.258 e. The third kappa shape index (κ3) is 2.18. The number of carbonyl (C=O) groups excluding carboxylic acids is 1. The van der Waals surface area contributed by atoms with E-state index in [0.717, 1.165) is 0 Å². The van der Waals surface area contributed by atoms with Crippen molar-refractivity contribution in [2.45, 2.75) is 0 Å². The molecule has 0 aromatic heterocycles. The quantitative estimate of drug-likeness (QED) is 0.811. The number of carbonyl (C=O) groups is 1. The Hall–Kier alpha value is -2.56. The summed E-state index contributed by atoms with van der Waals surface area (Å²) in [5.74, 6) is 0.0641. The van der Waals surface area contributed by atoms with Crippen molar-refractivity contribution in [1.29, 1.82) is 0 Å². The Morgan fingerprint density at radius 3 is 2.70 bits per heavy atom. The molecule has 0 fully saturated rings. The van der Waals surface area contributed by atoms with Gasteiger partial charge in [0, 0.05) is 11.3 Å². The van der Waals surface area contributed by atoms with E-state index in [9.17, 15) is 9.18 Å². The summed E-state index contributed by atoms with van der Waals surface area (Å²) < 4.78 is 18.4. The number of benzene rings is 2. The highest BCUT2D eigenvalue weighted by molar-refractivity contribution is 6.07. The van der Waals surface area contributed by atoms with Crippen LogP contribution in [0, 0.1) is 5.82 Å². The maximum absolute atomic E-state index is 12.9. The molecule has 1 heterocycles. The summed E-state index contributed by atoms with van der Waals surface area (Å²) >= 11 is 0. The topological polar surface area (TPSA) is 55.6 Å². The van der Waals surface area contributed by atoms with E-state index in [4.69, 9.17) is 10.5 Å². The van der Waals surface area contributed by atoms with Crippen LogP contribution in [0.3, 0.4) is 0 Å². The highest BCUT2D eigenvalue weighted by Crippen LogP contribution is 2.34. The molecule has 0 bridgehead atoms. The van der Waals surface area contributed by atoms with Gasteiger partial charge in [-0.25, -0.2) is 4.39 Å². The summed E-state index contributed by atoms with van der Waals surface area (Å²) in [7, 11) is 0. The minimum Gasteiger partial charge on any atom is -0.490 e. The van der Waals surface area contributed by atoms with Gasteiger partial charge in [-0.2, -0.15) is 0 Å². The lowest BCUT2D eigenvalue weighted by molar-refractivity contribution is 0.0976. The molecule has 0 aliphatic carbocycles. The fourth-order valence-corrected chi connectivity index (χ4v) is 2.19. The minimum atomic E-state index is -0.367. The van der Waals surface area contributed by atoms with E-state index >= 15 is 0 Å². The van der Waals surface area contributed by atoms with Gasteiger partial charge in [-0.3, -0.25) is 4.79 Å². The van der Waals surface area contributed by atoms with E-state index < -0.39 is 0 Å². The molecule has 0 saturated heterocycles. The Kier molecular flexibility index (Phi) is 3.02. The van der Waals surface area contributed by atoms with Crippen LogP contribution in [0.1, 0.15) is 10.4 Å². The normalized spacial score (nSPS) is 13.6. The summed E-state index contributed by atoms with van der Waals surface area (Å²) in [4.78, 5) is 14.1. The average Bonchev–Trinajstić information content (AvgIpc) is 2.46. The number of hydrogen-bond donors (Lipinski definition) is 1. The number of rotatable bonds is 1. The molecule has 0 atom stereocenters. The largest absolute Gasteiger partial charge is 0.490 e. The molecule has 1 aliphatic rings. The van der Waals surface area contributed by atoms with Gasteiger partial charge in [-0.1, -0.05) is 0 Å². The molecule has 2 N–H and O–H groups in total. The number of nitrogens with two attached hydrogens (primary N) is 1.